The molecule has 1 heterocycles. The van der Waals surface area contributed by atoms with Crippen LogP contribution in [0, 0.1) is 17.1 Å². The van der Waals surface area contributed by atoms with Crippen molar-refractivity contribution in [3.05, 3.63) is 41.5 Å². The van der Waals surface area contributed by atoms with Gasteiger partial charge in [0.2, 0.25) is 0 Å². The molecule has 1 N–H and O–H groups in total. The Hall–Kier alpha value is -2.48. The number of nitrogens with one attached hydrogen (secondary N) is 1. The molecule has 2 rings (SSSR count). The third-order valence-electron chi connectivity index (χ3n) is 3.14. The summed E-state index contributed by atoms with van der Waals surface area (Å²) in [5.41, 5.74) is 2.49. The van der Waals surface area contributed by atoms with Crippen molar-refractivity contribution in [3.8, 4) is 17.3 Å². The standard InChI is InChI=1S/C16H17FN4/c1-3-5-19-16-14(4-2)15(20-10-21-16)12-6-11(9-18)7-13(17)8-12/h6-8,10H,3-5H2,1-2H3,(H,19,20,21). The molecule has 0 bridgehead atoms. The first-order chi connectivity index (χ1) is 10.2. The number of aromatic nitrogens is 2. The van der Waals surface area contributed by atoms with Gasteiger partial charge in [-0.3, -0.25) is 0 Å². The van der Waals surface area contributed by atoms with Gasteiger partial charge in [-0.05, 0) is 31.0 Å². The normalized spacial score (nSPS) is 10.2. The fourth-order valence-corrected chi connectivity index (χ4v) is 2.18. The van der Waals surface area contributed by atoms with E-state index >= 15 is 0 Å². The Morgan fingerprint density at radius 3 is 2.71 bits per heavy atom. The number of nitriles is 1. The SMILES string of the molecule is CCCNc1ncnc(-c2cc(F)cc(C#N)c2)c1CC. The zero-order chi connectivity index (χ0) is 15.2. The van der Waals surface area contributed by atoms with Gasteiger partial charge in [0, 0.05) is 17.7 Å². The molecule has 0 aliphatic carbocycles. The first-order valence-corrected chi connectivity index (χ1v) is 6.98. The Morgan fingerprint density at radius 2 is 2.05 bits per heavy atom. The number of rotatable bonds is 5. The minimum atomic E-state index is -0.437. The van der Waals surface area contributed by atoms with Gasteiger partial charge in [0.25, 0.3) is 0 Å². The van der Waals surface area contributed by atoms with E-state index < -0.39 is 5.82 Å². The molecule has 0 atom stereocenters. The van der Waals surface area contributed by atoms with E-state index in [1.54, 1.807) is 6.07 Å². The molecule has 0 aliphatic heterocycles. The highest BCUT2D eigenvalue weighted by Crippen LogP contribution is 2.27. The van der Waals surface area contributed by atoms with Crippen LogP contribution in [0.1, 0.15) is 31.4 Å². The molecular formula is C16H17FN4. The molecule has 5 heteroatoms. The van der Waals surface area contributed by atoms with Crippen LogP contribution in [0.25, 0.3) is 11.3 Å². The summed E-state index contributed by atoms with van der Waals surface area (Å²) in [6, 6.07) is 6.22. The van der Waals surface area contributed by atoms with E-state index in [1.807, 2.05) is 13.0 Å². The predicted molar refractivity (Wildman–Crippen MR) is 80.3 cm³/mol. The van der Waals surface area contributed by atoms with E-state index in [9.17, 15) is 4.39 Å². The fourth-order valence-electron chi connectivity index (χ4n) is 2.18. The number of nitrogens with zero attached hydrogens (tertiary/aromatic N) is 3. The van der Waals surface area contributed by atoms with Crippen molar-refractivity contribution in [2.45, 2.75) is 26.7 Å². The minimum Gasteiger partial charge on any atom is -0.370 e. The van der Waals surface area contributed by atoms with Crippen molar-refractivity contribution in [1.82, 2.24) is 9.97 Å². The van der Waals surface area contributed by atoms with Crippen molar-refractivity contribution in [2.24, 2.45) is 0 Å². The first kappa shape index (κ1) is 14.9. The number of hydrogen-bond donors (Lipinski definition) is 1. The lowest BCUT2D eigenvalue weighted by molar-refractivity contribution is 0.627. The molecule has 0 fully saturated rings. The number of hydrogen-bond acceptors (Lipinski definition) is 4. The zero-order valence-electron chi connectivity index (χ0n) is 12.2. The van der Waals surface area contributed by atoms with E-state index in [0.29, 0.717) is 11.3 Å². The second kappa shape index (κ2) is 6.80. The lowest BCUT2D eigenvalue weighted by Gasteiger charge is -2.13. The Kier molecular flexibility index (Phi) is 4.83. The average molecular weight is 284 g/mol. The van der Waals surface area contributed by atoms with Gasteiger partial charge in [-0.2, -0.15) is 5.26 Å². The van der Waals surface area contributed by atoms with Crippen LogP contribution in [0.5, 0.6) is 0 Å². The topological polar surface area (TPSA) is 61.6 Å². The van der Waals surface area contributed by atoms with Gasteiger partial charge in [0.15, 0.2) is 0 Å². The highest BCUT2D eigenvalue weighted by atomic mass is 19.1. The van der Waals surface area contributed by atoms with E-state index in [0.717, 1.165) is 30.8 Å². The molecule has 21 heavy (non-hydrogen) atoms. The van der Waals surface area contributed by atoms with Crippen molar-refractivity contribution >= 4 is 5.82 Å². The molecule has 2 aromatic rings. The van der Waals surface area contributed by atoms with Gasteiger partial charge in [0.05, 0.1) is 17.3 Å². The smallest absolute Gasteiger partial charge is 0.133 e. The van der Waals surface area contributed by atoms with Crippen LogP contribution in [0.15, 0.2) is 24.5 Å². The molecule has 0 amide bonds. The van der Waals surface area contributed by atoms with Gasteiger partial charge < -0.3 is 5.32 Å². The summed E-state index contributed by atoms with van der Waals surface area (Å²) in [6.07, 6.45) is 3.17. The van der Waals surface area contributed by atoms with E-state index in [4.69, 9.17) is 5.26 Å². The van der Waals surface area contributed by atoms with Crippen LogP contribution in [0.4, 0.5) is 10.2 Å². The number of anilines is 1. The highest BCUT2D eigenvalue weighted by molar-refractivity contribution is 5.69. The summed E-state index contributed by atoms with van der Waals surface area (Å²) in [4.78, 5) is 8.54. The average Bonchev–Trinajstić information content (AvgIpc) is 2.51. The van der Waals surface area contributed by atoms with Gasteiger partial charge in [0.1, 0.15) is 18.0 Å². The second-order valence-electron chi connectivity index (χ2n) is 4.67. The zero-order valence-corrected chi connectivity index (χ0v) is 12.2. The molecule has 1 aromatic heterocycles. The Balaban J connectivity index is 2.53. The fraction of sp³-hybridized carbons (Fsp3) is 0.312. The maximum atomic E-state index is 13.6. The molecular weight excluding hydrogens is 267 g/mol. The van der Waals surface area contributed by atoms with Gasteiger partial charge in [-0.15, -0.1) is 0 Å². The van der Waals surface area contributed by atoms with Crippen LogP contribution in [-0.4, -0.2) is 16.5 Å². The summed E-state index contributed by atoms with van der Waals surface area (Å²) >= 11 is 0. The van der Waals surface area contributed by atoms with E-state index in [2.05, 4.69) is 22.2 Å². The Morgan fingerprint density at radius 1 is 1.24 bits per heavy atom. The van der Waals surface area contributed by atoms with Crippen LogP contribution >= 0.6 is 0 Å². The maximum Gasteiger partial charge on any atom is 0.133 e. The highest BCUT2D eigenvalue weighted by Gasteiger charge is 2.13. The first-order valence-electron chi connectivity index (χ1n) is 6.98. The third kappa shape index (κ3) is 3.34. The van der Waals surface area contributed by atoms with Gasteiger partial charge >= 0.3 is 0 Å². The summed E-state index contributed by atoms with van der Waals surface area (Å²) in [5, 5.41) is 12.2. The molecule has 4 nitrogen and oxygen atoms in total. The van der Waals surface area contributed by atoms with E-state index in [1.165, 1.54) is 18.5 Å². The molecule has 0 aliphatic rings. The molecule has 0 saturated heterocycles. The molecule has 108 valence electrons. The van der Waals surface area contributed by atoms with Crippen molar-refractivity contribution in [2.75, 3.05) is 11.9 Å². The van der Waals surface area contributed by atoms with Crippen molar-refractivity contribution in [3.63, 3.8) is 0 Å². The molecule has 0 saturated carbocycles. The third-order valence-corrected chi connectivity index (χ3v) is 3.14. The Bertz CT molecular complexity index is 676. The lowest BCUT2D eigenvalue weighted by Crippen LogP contribution is -2.07. The van der Waals surface area contributed by atoms with Crippen LogP contribution in [0.2, 0.25) is 0 Å². The lowest BCUT2D eigenvalue weighted by atomic mass is 10.0. The molecule has 0 unspecified atom stereocenters. The van der Waals surface area contributed by atoms with Crippen molar-refractivity contribution in [1.29, 1.82) is 5.26 Å². The monoisotopic (exact) mass is 284 g/mol. The summed E-state index contributed by atoms with van der Waals surface area (Å²) in [7, 11) is 0. The van der Waals surface area contributed by atoms with Gasteiger partial charge in [-0.1, -0.05) is 13.8 Å². The summed E-state index contributed by atoms with van der Waals surface area (Å²) in [5.74, 6) is 0.333. The maximum absolute atomic E-state index is 13.6. The number of halogens is 1. The second-order valence-corrected chi connectivity index (χ2v) is 4.67. The van der Waals surface area contributed by atoms with Crippen LogP contribution in [-0.2, 0) is 6.42 Å². The predicted octanol–water partition coefficient (Wildman–Crippen LogP) is 3.54. The van der Waals surface area contributed by atoms with Crippen molar-refractivity contribution < 1.29 is 4.39 Å². The van der Waals surface area contributed by atoms with E-state index in [-0.39, 0.29) is 5.56 Å². The summed E-state index contributed by atoms with van der Waals surface area (Å²) < 4.78 is 13.6. The quantitative estimate of drug-likeness (QED) is 0.912. The van der Waals surface area contributed by atoms with Crippen LogP contribution in [0.3, 0.4) is 0 Å². The Labute approximate surface area is 123 Å². The molecule has 0 spiro atoms. The molecule has 0 radical (unpaired) electrons. The summed E-state index contributed by atoms with van der Waals surface area (Å²) in [6.45, 7) is 4.90. The largest absolute Gasteiger partial charge is 0.370 e. The number of benzene rings is 1. The van der Waals surface area contributed by atoms with Crippen LogP contribution < -0.4 is 5.32 Å². The minimum absolute atomic E-state index is 0.286. The van der Waals surface area contributed by atoms with Gasteiger partial charge in [-0.25, -0.2) is 14.4 Å². The molecule has 1 aromatic carbocycles.